The van der Waals surface area contributed by atoms with E-state index in [1.54, 1.807) is 12.1 Å². The normalized spacial score (nSPS) is 14.3. The Morgan fingerprint density at radius 1 is 1.21 bits per heavy atom. The fourth-order valence-electron chi connectivity index (χ4n) is 2.25. The third-order valence-electron chi connectivity index (χ3n) is 3.46. The molecule has 1 aliphatic rings. The summed E-state index contributed by atoms with van der Waals surface area (Å²) < 4.78 is 11.2. The summed E-state index contributed by atoms with van der Waals surface area (Å²) in [6.07, 6.45) is 2.47. The standard InChI is InChI=1S/C15H19ClO3/c1-3-10(4-2)15(17)11-8-13-14(9-12(11)16)19-7-5-6-18-13/h8-10H,3-7H2,1-2H3. The maximum absolute atomic E-state index is 12.4. The number of fused-ring (bicyclic) bond motifs is 1. The number of hydrogen-bond acceptors (Lipinski definition) is 3. The van der Waals surface area contributed by atoms with Gasteiger partial charge in [-0.1, -0.05) is 25.4 Å². The van der Waals surface area contributed by atoms with E-state index in [0.717, 1.165) is 19.3 Å². The summed E-state index contributed by atoms with van der Waals surface area (Å²) in [4.78, 5) is 12.4. The van der Waals surface area contributed by atoms with Crippen LogP contribution in [0.1, 0.15) is 43.5 Å². The number of ether oxygens (including phenoxy) is 2. The highest BCUT2D eigenvalue weighted by Gasteiger charge is 2.22. The van der Waals surface area contributed by atoms with Crippen LogP contribution in [0.5, 0.6) is 11.5 Å². The molecule has 0 atom stereocenters. The first kappa shape index (κ1) is 14.2. The summed E-state index contributed by atoms with van der Waals surface area (Å²) in [6, 6.07) is 3.42. The molecule has 2 rings (SSSR count). The van der Waals surface area contributed by atoms with Gasteiger partial charge in [0.2, 0.25) is 0 Å². The summed E-state index contributed by atoms with van der Waals surface area (Å²) >= 11 is 6.21. The number of benzene rings is 1. The van der Waals surface area contributed by atoms with Crippen molar-refractivity contribution in [3.05, 3.63) is 22.7 Å². The molecule has 0 aliphatic carbocycles. The Kier molecular flexibility index (Phi) is 4.70. The number of halogens is 1. The Morgan fingerprint density at radius 3 is 2.37 bits per heavy atom. The average Bonchev–Trinajstić information content (AvgIpc) is 2.63. The number of rotatable bonds is 4. The predicted molar refractivity (Wildman–Crippen MR) is 75.5 cm³/mol. The third kappa shape index (κ3) is 3.03. The Labute approximate surface area is 118 Å². The van der Waals surface area contributed by atoms with Gasteiger partial charge in [-0.2, -0.15) is 0 Å². The fourth-order valence-corrected chi connectivity index (χ4v) is 2.50. The first-order valence-corrected chi connectivity index (χ1v) is 7.18. The summed E-state index contributed by atoms with van der Waals surface area (Å²) in [7, 11) is 0. The minimum atomic E-state index is 0.0160. The van der Waals surface area contributed by atoms with Gasteiger partial charge in [0.15, 0.2) is 17.3 Å². The molecule has 1 aromatic carbocycles. The lowest BCUT2D eigenvalue weighted by molar-refractivity contribution is 0.0913. The van der Waals surface area contributed by atoms with Gasteiger partial charge in [0.05, 0.1) is 18.2 Å². The second kappa shape index (κ2) is 6.29. The van der Waals surface area contributed by atoms with Crippen molar-refractivity contribution < 1.29 is 14.3 Å². The maximum atomic E-state index is 12.4. The van der Waals surface area contributed by atoms with E-state index in [4.69, 9.17) is 21.1 Å². The van der Waals surface area contributed by atoms with E-state index < -0.39 is 0 Å². The quantitative estimate of drug-likeness (QED) is 0.779. The smallest absolute Gasteiger partial charge is 0.167 e. The molecule has 0 bridgehead atoms. The number of hydrogen-bond donors (Lipinski definition) is 0. The molecule has 1 aromatic rings. The summed E-state index contributed by atoms with van der Waals surface area (Å²) in [5, 5.41) is 0.446. The molecule has 1 aliphatic heterocycles. The lowest BCUT2D eigenvalue weighted by atomic mass is 9.93. The van der Waals surface area contributed by atoms with Crippen LogP contribution >= 0.6 is 11.6 Å². The van der Waals surface area contributed by atoms with Crippen molar-refractivity contribution in [2.45, 2.75) is 33.1 Å². The van der Waals surface area contributed by atoms with Gasteiger partial charge in [-0.05, 0) is 18.9 Å². The van der Waals surface area contributed by atoms with Crippen molar-refractivity contribution in [2.75, 3.05) is 13.2 Å². The zero-order valence-electron chi connectivity index (χ0n) is 11.4. The Morgan fingerprint density at radius 2 is 1.79 bits per heavy atom. The average molecular weight is 283 g/mol. The fraction of sp³-hybridized carbons (Fsp3) is 0.533. The van der Waals surface area contributed by atoms with Crippen molar-refractivity contribution in [1.29, 1.82) is 0 Å². The molecule has 0 saturated carbocycles. The second-order valence-corrected chi connectivity index (χ2v) is 5.11. The summed E-state index contributed by atoms with van der Waals surface area (Å²) in [5.74, 6) is 1.35. The van der Waals surface area contributed by atoms with Crippen LogP contribution in [0.3, 0.4) is 0 Å². The third-order valence-corrected chi connectivity index (χ3v) is 3.77. The lowest BCUT2D eigenvalue weighted by Gasteiger charge is -2.15. The molecule has 0 aromatic heterocycles. The largest absolute Gasteiger partial charge is 0.490 e. The van der Waals surface area contributed by atoms with Crippen LogP contribution in [0.2, 0.25) is 5.02 Å². The summed E-state index contributed by atoms with van der Waals surface area (Å²) in [6.45, 7) is 5.25. The van der Waals surface area contributed by atoms with Gasteiger partial charge in [0.25, 0.3) is 0 Å². The molecular weight excluding hydrogens is 264 g/mol. The van der Waals surface area contributed by atoms with Crippen LogP contribution in [0.15, 0.2) is 12.1 Å². The van der Waals surface area contributed by atoms with Crippen LogP contribution in [-0.2, 0) is 0 Å². The van der Waals surface area contributed by atoms with E-state index >= 15 is 0 Å². The minimum absolute atomic E-state index is 0.0160. The van der Waals surface area contributed by atoms with Gasteiger partial charge in [0, 0.05) is 24.0 Å². The molecular formula is C15H19ClO3. The van der Waals surface area contributed by atoms with Crippen molar-refractivity contribution in [1.82, 2.24) is 0 Å². The predicted octanol–water partition coefficient (Wildman–Crippen LogP) is 4.12. The van der Waals surface area contributed by atoms with E-state index in [-0.39, 0.29) is 11.7 Å². The maximum Gasteiger partial charge on any atom is 0.167 e. The molecule has 0 unspecified atom stereocenters. The number of carbonyl (C=O) groups is 1. The summed E-state index contributed by atoms with van der Waals surface area (Å²) in [5.41, 5.74) is 0.541. The molecule has 0 saturated heterocycles. The molecule has 1 heterocycles. The molecule has 0 radical (unpaired) electrons. The molecule has 0 N–H and O–H groups in total. The Hall–Kier alpha value is -1.22. The van der Waals surface area contributed by atoms with Crippen LogP contribution < -0.4 is 9.47 Å². The highest BCUT2D eigenvalue weighted by Crippen LogP contribution is 2.36. The molecule has 0 fully saturated rings. The molecule has 19 heavy (non-hydrogen) atoms. The molecule has 104 valence electrons. The van der Waals surface area contributed by atoms with Crippen molar-refractivity contribution >= 4 is 17.4 Å². The van der Waals surface area contributed by atoms with Gasteiger partial charge < -0.3 is 9.47 Å². The second-order valence-electron chi connectivity index (χ2n) is 4.71. The van der Waals surface area contributed by atoms with Crippen molar-refractivity contribution in [2.24, 2.45) is 5.92 Å². The van der Waals surface area contributed by atoms with E-state index in [1.165, 1.54) is 0 Å². The molecule has 0 spiro atoms. The highest BCUT2D eigenvalue weighted by molar-refractivity contribution is 6.34. The van der Waals surface area contributed by atoms with E-state index in [9.17, 15) is 4.79 Å². The van der Waals surface area contributed by atoms with Gasteiger partial charge in [-0.25, -0.2) is 0 Å². The highest BCUT2D eigenvalue weighted by atomic mass is 35.5. The van der Waals surface area contributed by atoms with Gasteiger partial charge in [0.1, 0.15) is 0 Å². The monoisotopic (exact) mass is 282 g/mol. The Bertz CT molecular complexity index is 467. The number of ketones is 1. The number of Topliss-reactive ketones (excluding diaryl/α,β-unsaturated/α-hetero) is 1. The van der Waals surface area contributed by atoms with Gasteiger partial charge in [-0.3, -0.25) is 4.79 Å². The van der Waals surface area contributed by atoms with Crippen molar-refractivity contribution in [3.63, 3.8) is 0 Å². The molecule has 0 amide bonds. The van der Waals surface area contributed by atoms with E-state index in [2.05, 4.69) is 0 Å². The lowest BCUT2D eigenvalue weighted by Crippen LogP contribution is -2.13. The van der Waals surface area contributed by atoms with E-state index in [0.29, 0.717) is 35.3 Å². The molecule has 3 nitrogen and oxygen atoms in total. The first-order chi connectivity index (χ1) is 9.17. The zero-order valence-corrected chi connectivity index (χ0v) is 12.1. The SMILES string of the molecule is CCC(CC)C(=O)c1cc2c(cc1Cl)OCCCO2. The first-order valence-electron chi connectivity index (χ1n) is 6.80. The topological polar surface area (TPSA) is 35.5 Å². The van der Waals surface area contributed by atoms with E-state index in [1.807, 2.05) is 13.8 Å². The zero-order chi connectivity index (χ0) is 13.8. The number of carbonyl (C=O) groups excluding carboxylic acids is 1. The van der Waals surface area contributed by atoms with Crippen molar-refractivity contribution in [3.8, 4) is 11.5 Å². The Balaban J connectivity index is 2.36. The van der Waals surface area contributed by atoms with Gasteiger partial charge >= 0.3 is 0 Å². The minimum Gasteiger partial charge on any atom is -0.490 e. The van der Waals surface area contributed by atoms with Crippen LogP contribution in [-0.4, -0.2) is 19.0 Å². The van der Waals surface area contributed by atoms with Crippen LogP contribution in [0.25, 0.3) is 0 Å². The van der Waals surface area contributed by atoms with Crippen LogP contribution in [0, 0.1) is 5.92 Å². The van der Waals surface area contributed by atoms with Crippen LogP contribution in [0.4, 0.5) is 0 Å². The van der Waals surface area contributed by atoms with Gasteiger partial charge in [-0.15, -0.1) is 0 Å². The molecule has 4 heteroatoms.